The highest BCUT2D eigenvalue weighted by Crippen LogP contribution is 2.38. The molecule has 0 radical (unpaired) electrons. The first-order valence-electron chi connectivity index (χ1n) is 9.56. The van der Waals surface area contributed by atoms with Crippen LogP contribution in [0.25, 0.3) is 16.1 Å². The predicted octanol–water partition coefficient (Wildman–Crippen LogP) is 3.99. The van der Waals surface area contributed by atoms with Crippen molar-refractivity contribution < 1.29 is 14.3 Å². The molecule has 0 spiro atoms. The second kappa shape index (κ2) is 6.98. The van der Waals surface area contributed by atoms with E-state index in [1.165, 1.54) is 0 Å². The highest BCUT2D eigenvalue weighted by atomic mass is 32.1. The van der Waals surface area contributed by atoms with E-state index < -0.39 is 17.3 Å². The van der Waals surface area contributed by atoms with E-state index in [0.717, 1.165) is 21.1 Å². The molecule has 1 aliphatic carbocycles. The number of ether oxygens (including phenoxy) is 2. The van der Waals surface area contributed by atoms with Crippen LogP contribution in [-0.2, 0) is 4.74 Å². The third-order valence-corrected chi connectivity index (χ3v) is 5.59. The van der Waals surface area contributed by atoms with Gasteiger partial charge in [0.1, 0.15) is 22.4 Å². The lowest BCUT2D eigenvalue weighted by Gasteiger charge is -2.44. The first-order chi connectivity index (χ1) is 13.6. The molecule has 4 rings (SSSR count). The summed E-state index contributed by atoms with van der Waals surface area (Å²) in [5, 5.41) is 8.22. The Kier molecular flexibility index (Phi) is 4.72. The molecular formula is C20H25N5O3S. The van der Waals surface area contributed by atoms with Gasteiger partial charge in [0.2, 0.25) is 5.88 Å². The maximum atomic E-state index is 12.0. The molecule has 1 N–H and O–H groups in total. The standard InChI is InChI=1S/C20H25N5O3S/c1-12-21-10-16(29-12)14-11-25-15(6-7-22-25)17(24-14)27-20(5)8-13(9-20)23-18(26)28-19(2,3)4/h6-7,10-11,13H,8-9H2,1-5H3,(H,23,26)/t13-,20+. The van der Waals surface area contributed by atoms with Crippen LogP contribution in [0.3, 0.4) is 0 Å². The Labute approximate surface area is 173 Å². The maximum absolute atomic E-state index is 12.0. The molecule has 9 heteroatoms. The predicted molar refractivity (Wildman–Crippen MR) is 110 cm³/mol. The highest BCUT2D eigenvalue weighted by Gasteiger charge is 2.44. The average molecular weight is 416 g/mol. The lowest BCUT2D eigenvalue weighted by atomic mass is 9.77. The molecule has 154 valence electrons. The molecular weight excluding hydrogens is 390 g/mol. The molecule has 1 fully saturated rings. The van der Waals surface area contributed by atoms with Crippen molar-refractivity contribution in [2.24, 2.45) is 0 Å². The summed E-state index contributed by atoms with van der Waals surface area (Å²) < 4.78 is 13.4. The van der Waals surface area contributed by atoms with Gasteiger partial charge in [-0.2, -0.15) is 5.10 Å². The summed E-state index contributed by atoms with van der Waals surface area (Å²) in [4.78, 5) is 22.0. The van der Waals surface area contributed by atoms with Gasteiger partial charge in [0, 0.05) is 25.1 Å². The minimum Gasteiger partial charge on any atom is -0.470 e. The third-order valence-electron chi connectivity index (χ3n) is 4.65. The Bertz CT molecular complexity index is 1050. The summed E-state index contributed by atoms with van der Waals surface area (Å²) >= 11 is 1.58. The van der Waals surface area contributed by atoms with Gasteiger partial charge < -0.3 is 14.8 Å². The van der Waals surface area contributed by atoms with E-state index in [9.17, 15) is 4.79 Å². The molecule has 0 bridgehead atoms. The second-order valence-electron chi connectivity index (χ2n) is 8.64. The number of aryl methyl sites for hydroxylation is 1. The minimum atomic E-state index is -0.513. The molecule has 0 saturated heterocycles. The van der Waals surface area contributed by atoms with Gasteiger partial charge in [-0.3, -0.25) is 0 Å². The molecule has 3 aromatic rings. The van der Waals surface area contributed by atoms with Crippen LogP contribution < -0.4 is 10.1 Å². The zero-order chi connectivity index (χ0) is 20.8. The fraction of sp³-hybridized carbons (Fsp3) is 0.500. The van der Waals surface area contributed by atoms with E-state index >= 15 is 0 Å². The van der Waals surface area contributed by atoms with Gasteiger partial charge in [-0.25, -0.2) is 19.3 Å². The van der Waals surface area contributed by atoms with E-state index in [4.69, 9.17) is 14.5 Å². The molecule has 1 saturated carbocycles. The van der Waals surface area contributed by atoms with Gasteiger partial charge in [0.05, 0.1) is 22.3 Å². The van der Waals surface area contributed by atoms with Crippen LogP contribution in [-0.4, -0.2) is 42.9 Å². The molecule has 0 aromatic carbocycles. The Morgan fingerprint density at radius 1 is 1.38 bits per heavy atom. The van der Waals surface area contributed by atoms with Crippen molar-refractivity contribution in [1.82, 2.24) is 24.9 Å². The average Bonchev–Trinajstić information content (AvgIpc) is 3.20. The number of thiazole rings is 1. The first-order valence-corrected chi connectivity index (χ1v) is 10.4. The zero-order valence-electron chi connectivity index (χ0n) is 17.2. The van der Waals surface area contributed by atoms with Crippen LogP contribution in [0.5, 0.6) is 5.88 Å². The number of fused-ring (bicyclic) bond motifs is 1. The van der Waals surface area contributed by atoms with Crippen molar-refractivity contribution >= 4 is 22.9 Å². The molecule has 8 nitrogen and oxygen atoms in total. The van der Waals surface area contributed by atoms with E-state index in [1.54, 1.807) is 22.0 Å². The second-order valence-corrected chi connectivity index (χ2v) is 9.87. The quantitative estimate of drug-likeness (QED) is 0.693. The van der Waals surface area contributed by atoms with E-state index in [0.29, 0.717) is 18.7 Å². The van der Waals surface area contributed by atoms with Gasteiger partial charge in [-0.1, -0.05) is 0 Å². The van der Waals surface area contributed by atoms with Crippen LogP contribution >= 0.6 is 11.3 Å². The van der Waals surface area contributed by atoms with Crippen molar-refractivity contribution in [2.45, 2.75) is 64.7 Å². The molecule has 0 aliphatic heterocycles. The summed E-state index contributed by atoms with van der Waals surface area (Å²) in [5.74, 6) is 0.532. The van der Waals surface area contributed by atoms with Gasteiger partial charge in [0.15, 0.2) is 0 Å². The molecule has 1 amide bonds. The number of aromatic nitrogens is 4. The van der Waals surface area contributed by atoms with Gasteiger partial charge in [0.25, 0.3) is 0 Å². The van der Waals surface area contributed by atoms with E-state index in [2.05, 4.69) is 15.4 Å². The number of carbonyl (C=O) groups is 1. The number of hydrogen-bond donors (Lipinski definition) is 1. The number of carbonyl (C=O) groups excluding carboxylic acids is 1. The summed E-state index contributed by atoms with van der Waals surface area (Å²) in [6.45, 7) is 9.53. The first kappa shape index (κ1) is 19.6. The molecule has 0 atom stereocenters. The van der Waals surface area contributed by atoms with Crippen molar-refractivity contribution in [3.63, 3.8) is 0 Å². The summed E-state index contributed by atoms with van der Waals surface area (Å²) in [5.41, 5.74) is 0.647. The van der Waals surface area contributed by atoms with E-state index in [1.807, 2.05) is 53.1 Å². The molecule has 3 heterocycles. The molecule has 29 heavy (non-hydrogen) atoms. The van der Waals surface area contributed by atoms with Crippen molar-refractivity contribution in [2.75, 3.05) is 0 Å². The Balaban J connectivity index is 1.48. The topological polar surface area (TPSA) is 90.6 Å². The lowest BCUT2D eigenvalue weighted by molar-refractivity contribution is -0.0217. The highest BCUT2D eigenvalue weighted by molar-refractivity contribution is 7.15. The normalized spacial score (nSPS) is 21.6. The van der Waals surface area contributed by atoms with Gasteiger partial charge in [-0.05, 0) is 40.7 Å². The van der Waals surface area contributed by atoms with Crippen LogP contribution in [0.15, 0.2) is 24.7 Å². The Morgan fingerprint density at radius 3 is 2.79 bits per heavy atom. The van der Waals surface area contributed by atoms with Crippen molar-refractivity contribution in [3.05, 3.63) is 29.7 Å². The van der Waals surface area contributed by atoms with Crippen LogP contribution in [0.1, 0.15) is 45.5 Å². The number of nitrogens with zero attached hydrogens (tertiary/aromatic N) is 4. The molecule has 3 aromatic heterocycles. The Hall–Kier alpha value is -2.68. The summed E-state index contributed by atoms with van der Waals surface area (Å²) in [7, 11) is 0. The Morgan fingerprint density at radius 2 is 2.14 bits per heavy atom. The fourth-order valence-electron chi connectivity index (χ4n) is 3.45. The van der Waals surface area contributed by atoms with Crippen LogP contribution in [0.2, 0.25) is 0 Å². The van der Waals surface area contributed by atoms with Crippen LogP contribution in [0.4, 0.5) is 4.79 Å². The third kappa shape index (κ3) is 4.34. The van der Waals surface area contributed by atoms with Gasteiger partial charge >= 0.3 is 6.09 Å². The van der Waals surface area contributed by atoms with Crippen molar-refractivity contribution in [3.8, 4) is 16.5 Å². The fourth-order valence-corrected chi connectivity index (χ4v) is 4.18. The van der Waals surface area contributed by atoms with Crippen LogP contribution in [0, 0.1) is 6.92 Å². The van der Waals surface area contributed by atoms with Crippen molar-refractivity contribution in [1.29, 1.82) is 0 Å². The number of nitrogens with one attached hydrogen (secondary N) is 1. The largest absolute Gasteiger partial charge is 0.470 e. The lowest BCUT2D eigenvalue weighted by Crippen LogP contribution is -2.57. The summed E-state index contributed by atoms with van der Waals surface area (Å²) in [6.07, 6.45) is 6.37. The number of alkyl carbamates (subject to hydrolysis) is 1. The maximum Gasteiger partial charge on any atom is 0.407 e. The molecule has 0 unspecified atom stereocenters. The zero-order valence-corrected chi connectivity index (χ0v) is 18.0. The number of hydrogen-bond acceptors (Lipinski definition) is 7. The monoisotopic (exact) mass is 415 g/mol. The number of amides is 1. The van der Waals surface area contributed by atoms with E-state index in [-0.39, 0.29) is 6.04 Å². The SMILES string of the molecule is Cc1ncc(-c2cn3nccc3c(O[C@]3(C)C[C@H](NC(=O)OC(C)(C)C)C3)n2)s1. The van der Waals surface area contributed by atoms with Gasteiger partial charge in [-0.15, -0.1) is 11.3 Å². The smallest absolute Gasteiger partial charge is 0.407 e. The minimum absolute atomic E-state index is 0.0168. The number of rotatable bonds is 4. The molecule has 1 aliphatic rings. The summed E-state index contributed by atoms with van der Waals surface area (Å²) in [6, 6.07) is 1.89.